The van der Waals surface area contributed by atoms with E-state index in [9.17, 15) is 9.59 Å². The normalized spacial score (nSPS) is 17.2. The number of imidazole rings is 1. The van der Waals surface area contributed by atoms with Gasteiger partial charge in [-0.25, -0.2) is 14.6 Å². The monoisotopic (exact) mass is 380 g/mol. The fraction of sp³-hybridized carbons (Fsp3) is 0.381. The van der Waals surface area contributed by atoms with Gasteiger partial charge in [-0.3, -0.25) is 9.13 Å². The number of carbonyl (C=O) groups is 1. The van der Waals surface area contributed by atoms with E-state index in [-0.39, 0.29) is 17.8 Å². The van der Waals surface area contributed by atoms with Gasteiger partial charge in [0, 0.05) is 19.3 Å². The van der Waals surface area contributed by atoms with Gasteiger partial charge in [-0.05, 0) is 51.5 Å². The van der Waals surface area contributed by atoms with Crippen molar-refractivity contribution in [2.45, 2.75) is 38.8 Å². The molecule has 1 aromatic carbocycles. The number of ether oxygens (including phenoxy) is 1. The molecule has 1 amide bonds. The van der Waals surface area contributed by atoms with Gasteiger partial charge in [0.15, 0.2) is 5.65 Å². The number of fused-ring (bicyclic) bond motifs is 1. The molecule has 0 N–H and O–H groups in total. The molecular formula is C21H24N4O3. The van der Waals surface area contributed by atoms with Crippen LogP contribution in [0.3, 0.4) is 0 Å². The summed E-state index contributed by atoms with van der Waals surface area (Å²) < 4.78 is 8.87. The van der Waals surface area contributed by atoms with E-state index in [2.05, 4.69) is 4.98 Å². The van der Waals surface area contributed by atoms with Crippen LogP contribution in [-0.4, -0.2) is 43.8 Å². The van der Waals surface area contributed by atoms with E-state index in [0.29, 0.717) is 25.2 Å². The predicted molar refractivity (Wildman–Crippen MR) is 107 cm³/mol. The van der Waals surface area contributed by atoms with Crippen molar-refractivity contribution in [1.29, 1.82) is 0 Å². The van der Waals surface area contributed by atoms with Crippen molar-refractivity contribution in [3.63, 3.8) is 0 Å². The summed E-state index contributed by atoms with van der Waals surface area (Å²) in [6, 6.07) is 13.1. The third-order valence-corrected chi connectivity index (χ3v) is 4.83. The lowest BCUT2D eigenvalue weighted by Gasteiger charge is -2.24. The quantitative estimate of drug-likeness (QED) is 0.684. The minimum Gasteiger partial charge on any atom is -0.444 e. The van der Waals surface area contributed by atoms with Crippen molar-refractivity contribution in [3.05, 3.63) is 59.1 Å². The Morgan fingerprint density at radius 3 is 2.61 bits per heavy atom. The number of pyridine rings is 1. The van der Waals surface area contributed by atoms with E-state index in [0.717, 1.165) is 11.2 Å². The first-order valence-electron chi connectivity index (χ1n) is 9.46. The number of carbonyl (C=O) groups excluding carboxylic acids is 1. The van der Waals surface area contributed by atoms with E-state index in [1.807, 2.05) is 63.2 Å². The van der Waals surface area contributed by atoms with Crippen LogP contribution >= 0.6 is 0 Å². The number of para-hydroxylation sites is 1. The van der Waals surface area contributed by atoms with Crippen molar-refractivity contribution >= 4 is 17.3 Å². The average Bonchev–Trinajstić information content (AvgIpc) is 3.23. The van der Waals surface area contributed by atoms with Crippen molar-refractivity contribution in [3.8, 4) is 5.69 Å². The summed E-state index contributed by atoms with van der Waals surface area (Å²) in [5.41, 5.74) is 1.50. The molecule has 7 nitrogen and oxygen atoms in total. The summed E-state index contributed by atoms with van der Waals surface area (Å²) >= 11 is 0. The fourth-order valence-corrected chi connectivity index (χ4v) is 3.65. The van der Waals surface area contributed by atoms with Crippen molar-refractivity contribution < 1.29 is 9.53 Å². The highest BCUT2D eigenvalue weighted by molar-refractivity contribution is 5.74. The molecule has 0 unspecified atom stereocenters. The Balaban J connectivity index is 1.72. The number of amides is 1. The smallest absolute Gasteiger partial charge is 0.410 e. The summed E-state index contributed by atoms with van der Waals surface area (Å²) in [4.78, 5) is 31.9. The molecule has 1 saturated heterocycles. The summed E-state index contributed by atoms with van der Waals surface area (Å²) in [5, 5.41) is 0. The number of likely N-dealkylation sites (tertiary alicyclic amines) is 1. The molecule has 3 heterocycles. The molecule has 1 fully saturated rings. The van der Waals surface area contributed by atoms with Crippen molar-refractivity contribution in [2.75, 3.05) is 13.1 Å². The Morgan fingerprint density at radius 2 is 1.89 bits per heavy atom. The fourth-order valence-electron chi connectivity index (χ4n) is 3.65. The van der Waals surface area contributed by atoms with E-state index in [1.54, 1.807) is 20.2 Å². The second kappa shape index (κ2) is 6.82. The zero-order chi connectivity index (χ0) is 19.9. The van der Waals surface area contributed by atoms with Gasteiger partial charge in [0.2, 0.25) is 0 Å². The highest BCUT2D eigenvalue weighted by atomic mass is 16.6. The van der Waals surface area contributed by atoms with Gasteiger partial charge in [-0.2, -0.15) is 0 Å². The topological polar surface area (TPSA) is 69.4 Å². The van der Waals surface area contributed by atoms with E-state index in [4.69, 9.17) is 4.74 Å². The third kappa shape index (κ3) is 3.28. The molecule has 28 heavy (non-hydrogen) atoms. The Bertz CT molecular complexity index is 1060. The molecule has 3 aromatic rings. The van der Waals surface area contributed by atoms with Crippen LogP contribution in [0.4, 0.5) is 4.79 Å². The van der Waals surface area contributed by atoms with Crippen LogP contribution in [0.15, 0.2) is 53.5 Å². The standard InChI is InChI=1S/C21H24N4O3/c1-21(2,3)28-20(27)23-13-11-16(14-23)25-18-17(10-7-12-22-18)24(19(25)26)15-8-5-4-6-9-15/h4-10,12,16H,11,13-14H2,1-3H3/t16-/m0/s1. The summed E-state index contributed by atoms with van der Waals surface area (Å²) in [5.74, 6) is 0. The minimum absolute atomic E-state index is 0.137. The molecule has 0 aliphatic carbocycles. The van der Waals surface area contributed by atoms with Gasteiger partial charge >= 0.3 is 11.8 Å². The van der Waals surface area contributed by atoms with Crippen molar-refractivity contribution in [1.82, 2.24) is 19.0 Å². The third-order valence-electron chi connectivity index (χ3n) is 4.83. The highest BCUT2D eigenvalue weighted by Crippen LogP contribution is 2.26. The first-order valence-corrected chi connectivity index (χ1v) is 9.46. The zero-order valence-electron chi connectivity index (χ0n) is 16.3. The van der Waals surface area contributed by atoms with Crippen LogP contribution in [0.2, 0.25) is 0 Å². The van der Waals surface area contributed by atoms with E-state index < -0.39 is 5.60 Å². The Labute approximate surface area is 163 Å². The van der Waals surface area contributed by atoms with Gasteiger partial charge in [-0.1, -0.05) is 18.2 Å². The van der Waals surface area contributed by atoms with Crippen LogP contribution < -0.4 is 5.69 Å². The number of nitrogens with zero attached hydrogens (tertiary/aromatic N) is 4. The predicted octanol–water partition coefficient (Wildman–Crippen LogP) is 3.37. The highest BCUT2D eigenvalue weighted by Gasteiger charge is 2.33. The molecule has 2 aromatic heterocycles. The molecule has 0 spiro atoms. The van der Waals surface area contributed by atoms with Gasteiger partial charge < -0.3 is 9.64 Å². The van der Waals surface area contributed by atoms with Gasteiger partial charge in [0.1, 0.15) is 5.60 Å². The average molecular weight is 380 g/mol. The van der Waals surface area contributed by atoms with Crippen LogP contribution in [0.1, 0.15) is 33.2 Å². The lowest BCUT2D eigenvalue weighted by molar-refractivity contribution is 0.0289. The number of rotatable bonds is 2. The molecule has 1 atom stereocenters. The number of benzene rings is 1. The van der Waals surface area contributed by atoms with Crippen LogP contribution in [0.25, 0.3) is 16.9 Å². The molecule has 4 rings (SSSR count). The summed E-state index contributed by atoms with van der Waals surface area (Å²) in [7, 11) is 0. The number of hydrogen-bond acceptors (Lipinski definition) is 4. The SMILES string of the molecule is CC(C)(C)OC(=O)N1CC[C@H](n2c(=O)n(-c3ccccc3)c3cccnc32)C1. The largest absolute Gasteiger partial charge is 0.444 e. The molecular weight excluding hydrogens is 356 g/mol. The lowest BCUT2D eigenvalue weighted by atomic mass is 10.2. The zero-order valence-corrected chi connectivity index (χ0v) is 16.3. The van der Waals surface area contributed by atoms with Crippen LogP contribution in [0, 0.1) is 0 Å². The molecule has 146 valence electrons. The summed E-state index contributed by atoms with van der Waals surface area (Å²) in [6.07, 6.45) is 2.03. The van der Waals surface area contributed by atoms with Gasteiger partial charge in [-0.15, -0.1) is 0 Å². The van der Waals surface area contributed by atoms with Crippen LogP contribution in [0.5, 0.6) is 0 Å². The van der Waals surface area contributed by atoms with E-state index >= 15 is 0 Å². The summed E-state index contributed by atoms with van der Waals surface area (Å²) in [6.45, 7) is 6.53. The lowest BCUT2D eigenvalue weighted by Crippen LogP contribution is -2.36. The van der Waals surface area contributed by atoms with Crippen molar-refractivity contribution in [2.24, 2.45) is 0 Å². The maximum Gasteiger partial charge on any atom is 0.410 e. The molecule has 7 heteroatoms. The van der Waals surface area contributed by atoms with Gasteiger partial charge in [0.05, 0.1) is 17.2 Å². The first kappa shape index (κ1) is 18.3. The van der Waals surface area contributed by atoms with Crippen LogP contribution in [-0.2, 0) is 4.74 Å². The molecule has 0 saturated carbocycles. The first-order chi connectivity index (χ1) is 13.3. The maximum absolute atomic E-state index is 13.3. The molecule has 0 bridgehead atoms. The van der Waals surface area contributed by atoms with E-state index in [1.165, 1.54) is 0 Å². The second-order valence-electron chi connectivity index (χ2n) is 8.04. The number of aromatic nitrogens is 3. The van der Waals surface area contributed by atoms with Gasteiger partial charge in [0.25, 0.3) is 0 Å². The maximum atomic E-state index is 13.3. The second-order valence-corrected chi connectivity index (χ2v) is 8.04. The Morgan fingerprint density at radius 1 is 1.14 bits per heavy atom. The molecule has 1 aliphatic rings. The minimum atomic E-state index is -0.545. The number of hydrogen-bond donors (Lipinski definition) is 0. The molecule has 0 radical (unpaired) electrons. The Kier molecular flexibility index (Phi) is 4.45. The Hall–Kier alpha value is -3.09. The molecule has 1 aliphatic heterocycles.